The third-order valence-electron chi connectivity index (χ3n) is 20.0. The van der Waals surface area contributed by atoms with Crippen molar-refractivity contribution in [1.29, 1.82) is 0 Å². The van der Waals surface area contributed by atoms with Gasteiger partial charge >= 0.3 is 7.60 Å². The normalized spacial score (nSPS) is 25.6. The highest BCUT2D eigenvalue weighted by atomic mass is 31.2. The van der Waals surface area contributed by atoms with Gasteiger partial charge in [-0.3, -0.25) is 42.9 Å². The highest BCUT2D eigenvalue weighted by Gasteiger charge is 2.50. The van der Waals surface area contributed by atoms with Crippen LogP contribution in [-0.4, -0.2) is 314 Å². The average Bonchev–Trinajstić information content (AvgIpc) is 0.808. The van der Waals surface area contributed by atoms with Crippen molar-refractivity contribution in [2.24, 2.45) is 43.3 Å². The zero-order valence-electron chi connectivity index (χ0n) is 72.9. The number of nitrogens with one attached hydrogen (secondary N) is 8. The van der Waals surface area contributed by atoms with Gasteiger partial charge in [-0.1, -0.05) is 111 Å². The van der Waals surface area contributed by atoms with E-state index in [4.69, 9.17) is 47.2 Å². The van der Waals surface area contributed by atoms with Gasteiger partial charge in [0.15, 0.2) is 18.9 Å². The van der Waals surface area contributed by atoms with Crippen LogP contribution in [0.15, 0.2) is 0 Å². The summed E-state index contributed by atoms with van der Waals surface area (Å²) in [5.41, 5.74) is -6.07. The van der Waals surface area contributed by atoms with Crippen LogP contribution < -0.4 is 42.5 Å². The zero-order valence-corrected chi connectivity index (χ0v) is 73.8. The molecular weight excluding hydrogens is 1560 g/mol. The summed E-state index contributed by atoms with van der Waals surface area (Å²) in [6, 6.07) is -3.43. The number of carbonyl (C=O) groups is 8. The molecule has 0 bridgehead atoms. The molecule has 18 N–H and O–H groups in total. The van der Waals surface area contributed by atoms with Crippen LogP contribution in [-0.2, 0) is 90.1 Å². The number of rotatable bonds is 54. The lowest BCUT2D eigenvalue weighted by Crippen LogP contribution is -2.64. The Labute approximate surface area is 690 Å². The second-order valence-corrected chi connectivity index (χ2v) is 40.4. The minimum atomic E-state index is -3.74. The first-order valence-electron chi connectivity index (χ1n) is 40.4. The van der Waals surface area contributed by atoms with E-state index in [1.165, 1.54) is 20.8 Å². The lowest BCUT2D eigenvalue weighted by molar-refractivity contribution is -0.276. The largest absolute Gasteiger partial charge is 0.394 e. The molecular formula is C79H147N8O29P. The van der Waals surface area contributed by atoms with Gasteiger partial charge in [-0.05, 0) is 75.4 Å². The van der Waals surface area contributed by atoms with Crippen LogP contribution in [0.2, 0.25) is 0 Å². The summed E-state index contributed by atoms with van der Waals surface area (Å²) in [5.74, 6) is -3.58. The van der Waals surface area contributed by atoms with E-state index < -0.39 is 210 Å². The maximum atomic E-state index is 14.4. The van der Waals surface area contributed by atoms with Gasteiger partial charge in [-0.15, -0.1) is 0 Å². The molecule has 0 saturated carbocycles. The van der Waals surface area contributed by atoms with E-state index in [9.17, 15) is 93.8 Å². The first kappa shape index (κ1) is 106. The van der Waals surface area contributed by atoms with Crippen LogP contribution >= 0.6 is 7.60 Å². The molecule has 3 heterocycles. The molecule has 0 aromatic rings. The van der Waals surface area contributed by atoms with E-state index in [-0.39, 0.29) is 137 Å². The van der Waals surface area contributed by atoms with Gasteiger partial charge in [0.25, 0.3) is 0 Å². The molecule has 0 aromatic carbocycles. The Bertz CT molecular complexity index is 2910. The topological polar surface area (TPSA) is 544 Å². The molecule has 3 rings (SSSR count). The van der Waals surface area contributed by atoms with Gasteiger partial charge in [0.05, 0.1) is 85.9 Å². The molecule has 3 aliphatic rings. The number of aliphatic hydroxyl groups is 9. The van der Waals surface area contributed by atoms with Crippen LogP contribution in [0.4, 0.5) is 0 Å². The van der Waals surface area contributed by atoms with Crippen molar-refractivity contribution in [1.82, 2.24) is 42.5 Å². The summed E-state index contributed by atoms with van der Waals surface area (Å²) in [6.45, 7) is 33.1. The Morgan fingerprint density at radius 3 is 0.855 bits per heavy atom. The fourth-order valence-electron chi connectivity index (χ4n) is 15.7. The smallest absolute Gasteiger partial charge is 0.325 e. The third-order valence-corrected chi connectivity index (χ3v) is 20.6. The quantitative estimate of drug-likeness (QED) is 0.0285. The van der Waals surface area contributed by atoms with Gasteiger partial charge in [0.1, 0.15) is 78.6 Å². The van der Waals surface area contributed by atoms with Crippen LogP contribution in [0.5, 0.6) is 0 Å². The van der Waals surface area contributed by atoms with E-state index in [0.29, 0.717) is 25.7 Å². The fraction of sp³-hybridized carbons (Fsp3) is 0.899. The second kappa shape index (κ2) is 47.2. The van der Waals surface area contributed by atoms with Crippen LogP contribution in [0.25, 0.3) is 0 Å². The Balaban J connectivity index is 1.87. The number of amides is 8. The molecule has 682 valence electrons. The number of hydrogen-bond donors (Lipinski definition) is 18. The van der Waals surface area contributed by atoms with Gasteiger partial charge in [0.2, 0.25) is 47.3 Å². The Hall–Kier alpha value is -4.81. The summed E-state index contributed by atoms with van der Waals surface area (Å²) in [4.78, 5) is 115. The molecule has 3 aliphatic heterocycles. The van der Waals surface area contributed by atoms with Crippen molar-refractivity contribution in [3.05, 3.63) is 0 Å². The predicted molar refractivity (Wildman–Crippen MR) is 427 cm³/mol. The van der Waals surface area contributed by atoms with E-state index in [2.05, 4.69) is 42.5 Å². The lowest BCUT2D eigenvalue weighted by Gasteiger charge is -2.43. The van der Waals surface area contributed by atoms with Gasteiger partial charge in [-0.2, -0.15) is 0 Å². The van der Waals surface area contributed by atoms with Crippen molar-refractivity contribution >= 4 is 54.9 Å². The van der Waals surface area contributed by atoms with Crippen molar-refractivity contribution in [2.45, 2.75) is 293 Å². The van der Waals surface area contributed by atoms with Gasteiger partial charge in [-0.25, -0.2) is 0 Å². The van der Waals surface area contributed by atoms with Gasteiger partial charge in [0, 0.05) is 85.7 Å². The zero-order chi connectivity index (χ0) is 89.1. The standard InChI is InChI=1S/C79H147N8O29P/c1-48(91)84-59-65(102)62(99)51(30-88)114-68(59)110-41-75(12,13)33-71(4,5)38-81-55(95)24-27-107-45-79(87-58(98)23-21-22-54(94)80-37-74(10,11)36-78(18,19)44-113-117(20,105)106,46-108-28-25-56(96)82-39-72(6,7)34-76(14,15)42-111-69-60(85-49(2)92)66(103)63(100)52(31-89)115-69)47-109-29-26-57(97)83-40-73(8,9)35-77(16,17)43-112-70-61(86-50(3)93)67(104)64(101)53(32-90)116-70/h51-53,59-70,88-90,99-104H,21-47H2,1-20H3,(H,80,94)(H,81,95)(H,82,96)(H,83,97)(H,84,91)(H,85,92)(H,86,93)(H,87,98)(H,105,106). The minimum Gasteiger partial charge on any atom is -0.394 e. The molecule has 16 unspecified atom stereocenters. The second-order valence-electron chi connectivity index (χ2n) is 38.5. The SMILES string of the molecule is CC(=O)NC1C(OCC(C)(C)CC(C)(C)CNC(=O)CCOCC(COCCC(=O)NCC(C)(C)CC(C)(C)COC2OC(CO)C(O)C(O)C2NC(C)=O)(COCCC(=O)NCC(C)(C)CC(C)(C)COC2OC(CO)C(O)C(O)C2NC(C)=O)NC(=O)CCCC(=O)NCC(C)(C)CC(C)(C)COP(C)(=O)O)OC(CO)C(O)C1O. The average molecular weight is 1700 g/mol. The predicted octanol–water partition coefficient (Wildman–Crippen LogP) is 0.179. The Morgan fingerprint density at radius 1 is 0.359 bits per heavy atom. The molecule has 0 radical (unpaired) electrons. The Kier molecular flexibility index (Phi) is 42.9. The van der Waals surface area contributed by atoms with E-state index in [1.54, 1.807) is 0 Å². The first-order chi connectivity index (χ1) is 53.8. The summed E-state index contributed by atoms with van der Waals surface area (Å²) in [7, 11) is -3.74. The third kappa shape index (κ3) is 40.4. The van der Waals surface area contributed by atoms with Crippen LogP contribution in [0, 0.1) is 43.3 Å². The summed E-state index contributed by atoms with van der Waals surface area (Å²) in [6.07, 6.45) is -14.9. The molecule has 117 heavy (non-hydrogen) atoms. The molecule has 0 spiro atoms. The maximum Gasteiger partial charge on any atom is 0.325 e. The monoisotopic (exact) mass is 1700 g/mol. The number of ether oxygens (including phenoxy) is 9. The van der Waals surface area contributed by atoms with Crippen molar-refractivity contribution in [3.63, 3.8) is 0 Å². The molecule has 16 atom stereocenters. The lowest BCUT2D eigenvalue weighted by atomic mass is 9.75. The Morgan fingerprint density at radius 2 is 0.607 bits per heavy atom. The van der Waals surface area contributed by atoms with Crippen molar-refractivity contribution in [3.8, 4) is 0 Å². The molecule has 37 nitrogen and oxygen atoms in total. The maximum absolute atomic E-state index is 14.4. The minimum absolute atomic E-state index is 0.0102. The molecule has 3 fully saturated rings. The van der Waals surface area contributed by atoms with Crippen molar-refractivity contribution in [2.75, 3.05) is 119 Å². The summed E-state index contributed by atoms with van der Waals surface area (Å²) >= 11 is 0. The van der Waals surface area contributed by atoms with E-state index in [0.717, 1.165) is 6.66 Å². The van der Waals surface area contributed by atoms with Crippen LogP contribution in [0.3, 0.4) is 0 Å². The molecule has 38 heteroatoms. The molecule has 3 saturated heterocycles. The summed E-state index contributed by atoms with van der Waals surface area (Å²) in [5, 5.41) is 116. The number of aliphatic hydroxyl groups excluding tert-OH is 9. The fourth-order valence-corrected chi connectivity index (χ4v) is 16.3. The molecule has 0 aliphatic carbocycles. The van der Waals surface area contributed by atoms with Crippen LogP contribution in [0.1, 0.15) is 196 Å². The number of hydrogen-bond acceptors (Lipinski definition) is 28. The van der Waals surface area contributed by atoms with E-state index in [1.807, 2.05) is 111 Å². The van der Waals surface area contributed by atoms with E-state index >= 15 is 0 Å². The molecule has 0 aromatic heterocycles. The highest BCUT2D eigenvalue weighted by molar-refractivity contribution is 7.51. The summed E-state index contributed by atoms with van der Waals surface area (Å²) < 4.78 is 71.5. The number of carbonyl (C=O) groups excluding carboxylic acids is 8. The highest BCUT2D eigenvalue weighted by Crippen LogP contribution is 2.43. The first-order valence-corrected chi connectivity index (χ1v) is 42.4. The van der Waals surface area contributed by atoms with Gasteiger partial charge < -0.3 is 141 Å². The van der Waals surface area contributed by atoms with Crippen molar-refractivity contribution < 1.29 is 141 Å². The molecule has 8 amide bonds.